The van der Waals surface area contributed by atoms with Gasteiger partial charge in [0.2, 0.25) is 0 Å². The Morgan fingerprint density at radius 2 is 1.71 bits per heavy atom. The fourth-order valence-electron chi connectivity index (χ4n) is 4.26. The van der Waals surface area contributed by atoms with Gasteiger partial charge in [-0.2, -0.15) is 0 Å². The molecule has 154 valence electrons. The van der Waals surface area contributed by atoms with Crippen LogP contribution in [0.25, 0.3) is 10.8 Å². The van der Waals surface area contributed by atoms with E-state index >= 15 is 0 Å². The monoisotopic (exact) mass is 385 g/mol. The van der Waals surface area contributed by atoms with Crippen LogP contribution in [0, 0.1) is 11.3 Å². The van der Waals surface area contributed by atoms with Crippen LogP contribution in [0.3, 0.4) is 0 Å². The number of hydrogen-bond donors (Lipinski definition) is 2. The summed E-state index contributed by atoms with van der Waals surface area (Å²) in [4.78, 5) is 0. The van der Waals surface area contributed by atoms with Crippen molar-refractivity contribution in [1.29, 1.82) is 0 Å². The van der Waals surface area contributed by atoms with Gasteiger partial charge >= 0.3 is 0 Å². The molecule has 2 aromatic rings. The zero-order valence-corrected chi connectivity index (χ0v) is 17.9. The number of benzene rings is 2. The van der Waals surface area contributed by atoms with Gasteiger partial charge in [0.25, 0.3) is 0 Å². The van der Waals surface area contributed by atoms with Crippen molar-refractivity contribution in [3.63, 3.8) is 0 Å². The predicted octanol–water partition coefficient (Wildman–Crippen LogP) is 5.00. The minimum atomic E-state index is -0.762. The molecule has 3 N–H and O–H groups in total. The van der Waals surface area contributed by atoms with Gasteiger partial charge in [0.15, 0.2) is 11.5 Å². The second-order valence-corrected chi connectivity index (χ2v) is 9.57. The highest BCUT2D eigenvalue weighted by Gasteiger charge is 2.31. The molecule has 0 bridgehead atoms. The number of rotatable bonds is 5. The highest BCUT2D eigenvalue weighted by atomic mass is 16.5. The van der Waals surface area contributed by atoms with Crippen molar-refractivity contribution in [2.45, 2.75) is 65.0 Å². The molecular weight excluding hydrogens is 350 g/mol. The molecule has 1 fully saturated rings. The van der Waals surface area contributed by atoms with E-state index in [4.69, 9.17) is 15.2 Å². The van der Waals surface area contributed by atoms with Crippen LogP contribution >= 0.6 is 0 Å². The van der Waals surface area contributed by atoms with Crippen molar-refractivity contribution in [3.8, 4) is 11.5 Å². The first kappa shape index (κ1) is 20.9. The van der Waals surface area contributed by atoms with E-state index in [1.165, 1.54) is 12.8 Å². The standard InChI is InChI=1S/C24H35NO3/c1-23(2,3)17-7-10-19(11-8-17)28-21-13-6-16-14-18(24(4,25)15-26)9-12-20(16)22(21)27-5/h6,9,12-14,17,19,26H,7-8,10-11,15,25H2,1-5H3/t17?,19?,24-/m0/s1. The summed E-state index contributed by atoms with van der Waals surface area (Å²) in [5, 5.41) is 11.6. The molecule has 28 heavy (non-hydrogen) atoms. The van der Waals surface area contributed by atoms with Crippen LogP contribution in [0.2, 0.25) is 0 Å². The van der Waals surface area contributed by atoms with Gasteiger partial charge < -0.3 is 20.3 Å². The van der Waals surface area contributed by atoms with Crippen molar-refractivity contribution in [1.82, 2.24) is 0 Å². The summed E-state index contributed by atoms with van der Waals surface area (Å²) in [7, 11) is 1.69. The number of methoxy groups -OCH3 is 1. The molecule has 4 heteroatoms. The highest BCUT2D eigenvalue weighted by molar-refractivity contribution is 5.91. The van der Waals surface area contributed by atoms with Crippen molar-refractivity contribution in [3.05, 3.63) is 35.9 Å². The normalized spacial score (nSPS) is 22.7. The van der Waals surface area contributed by atoms with Crippen LogP contribution in [0.4, 0.5) is 0 Å². The lowest BCUT2D eigenvalue weighted by Gasteiger charge is -2.37. The summed E-state index contributed by atoms with van der Waals surface area (Å²) in [5.41, 5.74) is 6.70. The molecule has 0 unspecified atom stereocenters. The zero-order chi connectivity index (χ0) is 20.5. The molecule has 4 nitrogen and oxygen atoms in total. The number of fused-ring (bicyclic) bond motifs is 1. The third kappa shape index (κ3) is 4.28. The number of nitrogens with two attached hydrogens (primary N) is 1. The Morgan fingerprint density at radius 3 is 2.29 bits per heavy atom. The van der Waals surface area contributed by atoms with Crippen molar-refractivity contribution in [2.75, 3.05) is 13.7 Å². The second-order valence-electron chi connectivity index (χ2n) is 9.57. The van der Waals surface area contributed by atoms with Gasteiger partial charge in [0.05, 0.1) is 25.4 Å². The molecule has 3 rings (SSSR count). The Balaban J connectivity index is 1.82. The molecule has 0 saturated heterocycles. The first-order chi connectivity index (χ1) is 13.2. The summed E-state index contributed by atoms with van der Waals surface area (Å²) < 4.78 is 12.1. The zero-order valence-electron chi connectivity index (χ0n) is 17.9. The fraction of sp³-hybridized carbons (Fsp3) is 0.583. The van der Waals surface area contributed by atoms with Gasteiger partial charge in [-0.1, -0.05) is 39.0 Å². The molecule has 2 aromatic carbocycles. The molecule has 0 heterocycles. The Bertz CT molecular complexity index is 814. The van der Waals surface area contributed by atoms with Crippen molar-refractivity contribution in [2.24, 2.45) is 17.1 Å². The molecule has 0 aromatic heterocycles. The van der Waals surface area contributed by atoms with Crippen LogP contribution in [0.1, 0.15) is 58.9 Å². The maximum Gasteiger partial charge on any atom is 0.168 e. The van der Waals surface area contributed by atoms with E-state index in [0.29, 0.717) is 5.41 Å². The Morgan fingerprint density at radius 1 is 1.04 bits per heavy atom. The van der Waals surface area contributed by atoms with Crippen LogP contribution in [0.15, 0.2) is 30.3 Å². The Labute approximate surface area is 169 Å². The lowest BCUT2D eigenvalue weighted by atomic mass is 9.72. The number of aliphatic hydroxyl groups is 1. The van der Waals surface area contributed by atoms with E-state index in [-0.39, 0.29) is 12.7 Å². The molecule has 1 aliphatic carbocycles. The molecule has 0 amide bonds. The first-order valence-corrected chi connectivity index (χ1v) is 10.3. The van der Waals surface area contributed by atoms with Crippen LogP contribution in [-0.2, 0) is 5.54 Å². The van der Waals surface area contributed by atoms with Crippen molar-refractivity contribution >= 4 is 10.8 Å². The van der Waals surface area contributed by atoms with E-state index in [1.807, 2.05) is 37.3 Å². The number of hydrogen-bond acceptors (Lipinski definition) is 4. The van der Waals surface area contributed by atoms with Gasteiger partial charge in [0, 0.05) is 5.39 Å². The fourth-order valence-corrected chi connectivity index (χ4v) is 4.26. The molecular formula is C24H35NO3. The lowest BCUT2D eigenvalue weighted by molar-refractivity contribution is 0.0863. The van der Waals surface area contributed by atoms with E-state index in [0.717, 1.165) is 46.6 Å². The van der Waals surface area contributed by atoms with E-state index < -0.39 is 5.54 Å². The highest BCUT2D eigenvalue weighted by Crippen LogP contribution is 2.41. The largest absolute Gasteiger partial charge is 0.492 e. The maximum atomic E-state index is 9.55. The van der Waals surface area contributed by atoms with E-state index in [2.05, 4.69) is 20.8 Å². The van der Waals surface area contributed by atoms with Gasteiger partial charge in [0.1, 0.15) is 0 Å². The van der Waals surface area contributed by atoms with Crippen LogP contribution in [-0.4, -0.2) is 24.9 Å². The second kappa shape index (κ2) is 7.92. The molecule has 1 atom stereocenters. The summed E-state index contributed by atoms with van der Waals surface area (Å²) in [6.45, 7) is 8.73. The average Bonchev–Trinajstić information content (AvgIpc) is 2.67. The van der Waals surface area contributed by atoms with Crippen molar-refractivity contribution < 1.29 is 14.6 Å². The molecule has 1 aliphatic rings. The van der Waals surface area contributed by atoms with E-state index in [9.17, 15) is 5.11 Å². The molecule has 0 radical (unpaired) electrons. The smallest absolute Gasteiger partial charge is 0.168 e. The summed E-state index contributed by atoms with van der Waals surface area (Å²) in [6, 6.07) is 10.0. The van der Waals surface area contributed by atoms with E-state index in [1.54, 1.807) is 7.11 Å². The molecule has 1 saturated carbocycles. The van der Waals surface area contributed by atoms with Crippen LogP contribution < -0.4 is 15.2 Å². The maximum absolute atomic E-state index is 9.55. The predicted molar refractivity (Wildman–Crippen MR) is 115 cm³/mol. The minimum Gasteiger partial charge on any atom is -0.492 e. The number of aliphatic hydroxyl groups excluding tert-OH is 1. The lowest BCUT2D eigenvalue weighted by Crippen LogP contribution is -2.36. The molecule has 0 aliphatic heterocycles. The SMILES string of the molecule is COc1c(OC2CCC(C(C)(C)C)CC2)ccc2cc([C@@](C)(N)CO)ccc12. The van der Waals surface area contributed by atoms with Gasteiger partial charge in [-0.25, -0.2) is 0 Å². The third-order valence-electron chi connectivity index (χ3n) is 6.32. The quantitative estimate of drug-likeness (QED) is 0.760. The third-order valence-corrected chi connectivity index (χ3v) is 6.32. The molecule has 0 spiro atoms. The number of ether oxygens (including phenoxy) is 2. The summed E-state index contributed by atoms with van der Waals surface area (Å²) >= 11 is 0. The first-order valence-electron chi connectivity index (χ1n) is 10.3. The minimum absolute atomic E-state index is 0.103. The van der Waals surface area contributed by atoms with Crippen LogP contribution in [0.5, 0.6) is 11.5 Å². The Kier molecular flexibility index (Phi) is 5.92. The van der Waals surface area contributed by atoms with Gasteiger partial charge in [-0.3, -0.25) is 0 Å². The summed E-state index contributed by atoms with van der Waals surface area (Å²) in [6.07, 6.45) is 4.84. The van der Waals surface area contributed by atoms with Gasteiger partial charge in [-0.05, 0) is 67.0 Å². The average molecular weight is 386 g/mol. The van der Waals surface area contributed by atoms with Gasteiger partial charge in [-0.15, -0.1) is 0 Å². The Hall–Kier alpha value is -1.78. The topological polar surface area (TPSA) is 64.7 Å². The summed E-state index contributed by atoms with van der Waals surface area (Å²) in [5.74, 6) is 2.34.